The Bertz CT molecular complexity index is 433. The first-order valence-electron chi connectivity index (χ1n) is 7.01. The highest BCUT2D eigenvalue weighted by Gasteiger charge is 2.10. The largest absolute Gasteiger partial charge is 0.379 e. The van der Waals surface area contributed by atoms with Gasteiger partial charge < -0.3 is 15.4 Å². The van der Waals surface area contributed by atoms with Crippen molar-refractivity contribution in [1.82, 2.24) is 15.2 Å². The van der Waals surface area contributed by atoms with E-state index < -0.39 is 0 Å². The SMILES string of the molecule is CNc1cc(C(=O)NCCCN2CCOCC2)ccn1. The van der Waals surface area contributed by atoms with Gasteiger partial charge in [0.05, 0.1) is 13.2 Å². The van der Waals surface area contributed by atoms with Crippen LogP contribution < -0.4 is 10.6 Å². The number of hydrogen-bond acceptors (Lipinski definition) is 5. The minimum absolute atomic E-state index is 0.0501. The number of aromatic nitrogens is 1. The van der Waals surface area contributed by atoms with Crippen molar-refractivity contribution in [3.05, 3.63) is 23.9 Å². The predicted octanol–water partition coefficient (Wildman–Crippen LogP) is 0.575. The summed E-state index contributed by atoms with van der Waals surface area (Å²) in [6, 6.07) is 3.47. The Morgan fingerprint density at radius 2 is 2.25 bits per heavy atom. The molecule has 1 amide bonds. The molecule has 6 heteroatoms. The van der Waals surface area contributed by atoms with Crippen LogP contribution in [0.5, 0.6) is 0 Å². The van der Waals surface area contributed by atoms with Crippen molar-refractivity contribution in [3.8, 4) is 0 Å². The summed E-state index contributed by atoms with van der Waals surface area (Å²) in [5.74, 6) is 0.650. The zero-order valence-corrected chi connectivity index (χ0v) is 11.9. The Balaban J connectivity index is 1.69. The Morgan fingerprint density at radius 3 is 3.00 bits per heavy atom. The van der Waals surface area contributed by atoms with Gasteiger partial charge in [0.1, 0.15) is 5.82 Å². The number of anilines is 1. The van der Waals surface area contributed by atoms with Gasteiger partial charge in [-0.05, 0) is 25.1 Å². The van der Waals surface area contributed by atoms with Crippen molar-refractivity contribution in [1.29, 1.82) is 0 Å². The highest BCUT2D eigenvalue weighted by molar-refractivity contribution is 5.94. The van der Waals surface area contributed by atoms with Crippen LogP contribution in [0.15, 0.2) is 18.3 Å². The number of pyridine rings is 1. The van der Waals surface area contributed by atoms with Gasteiger partial charge in [-0.3, -0.25) is 9.69 Å². The van der Waals surface area contributed by atoms with E-state index in [1.807, 2.05) is 0 Å². The zero-order chi connectivity index (χ0) is 14.2. The second kappa shape index (κ2) is 7.81. The lowest BCUT2D eigenvalue weighted by atomic mass is 10.2. The molecule has 0 bridgehead atoms. The highest BCUT2D eigenvalue weighted by Crippen LogP contribution is 2.05. The third-order valence-corrected chi connectivity index (χ3v) is 3.32. The van der Waals surface area contributed by atoms with E-state index in [9.17, 15) is 4.79 Å². The molecule has 1 aliphatic heterocycles. The van der Waals surface area contributed by atoms with E-state index in [1.54, 1.807) is 25.4 Å². The molecule has 2 rings (SSSR count). The van der Waals surface area contributed by atoms with Gasteiger partial charge in [-0.25, -0.2) is 4.98 Å². The summed E-state index contributed by atoms with van der Waals surface area (Å²) in [7, 11) is 1.78. The summed E-state index contributed by atoms with van der Waals surface area (Å²) in [5.41, 5.74) is 0.635. The molecule has 0 saturated carbocycles. The first-order chi connectivity index (χ1) is 9.79. The van der Waals surface area contributed by atoms with Gasteiger partial charge in [0.15, 0.2) is 0 Å². The molecular weight excluding hydrogens is 256 g/mol. The van der Waals surface area contributed by atoms with Crippen LogP contribution in [-0.4, -0.2) is 62.2 Å². The summed E-state index contributed by atoms with van der Waals surface area (Å²) in [6.45, 7) is 5.30. The quantitative estimate of drug-likeness (QED) is 0.745. The Hall–Kier alpha value is -1.66. The van der Waals surface area contributed by atoms with Gasteiger partial charge in [0.25, 0.3) is 5.91 Å². The van der Waals surface area contributed by atoms with E-state index in [-0.39, 0.29) is 5.91 Å². The number of nitrogens with zero attached hydrogens (tertiary/aromatic N) is 2. The number of carbonyl (C=O) groups excluding carboxylic acids is 1. The summed E-state index contributed by atoms with van der Waals surface area (Å²) >= 11 is 0. The summed E-state index contributed by atoms with van der Waals surface area (Å²) in [4.78, 5) is 18.4. The molecule has 0 atom stereocenters. The van der Waals surface area contributed by atoms with E-state index in [4.69, 9.17) is 4.74 Å². The second-order valence-corrected chi connectivity index (χ2v) is 4.74. The van der Waals surface area contributed by atoms with Crippen molar-refractivity contribution in [2.24, 2.45) is 0 Å². The van der Waals surface area contributed by atoms with Crippen molar-refractivity contribution >= 4 is 11.7 Å². The van der Waals surface area contributed by atoms with Crippen LogP contribution in [0, 0.1) is 0 Å². The summed E-state index contributed by atoms with van der Waals surface area (Å²) in [5, 5.41) is 5.86. The van der Waals surface area contributed by atoms with Crippen LogP contribution in [0.3, 0.4) is 0 Å². The zero-order valence-electron chi connectivity index (χ0n) is 11.9. The van der Waals surface area contributed by atoms with Gasteiger partial charge in [-0.1, -0.05) is 0 Å². The fourth-order valence-electron chi connectivity index (χ4n) is 2.14. The Labute approximate surface area is 119 Å². The van der Waals surface area contributed by atoms with Gasteiger partial charge in [-0.2, -0.15) is 0 Å². The molecule has 0 radical (unpaired) electrons. The van der Waals surface area contributed by atoms with Gasteiger partial charge in [0, 0.05) is 38.4 Å². The monoisotopic (exact) mass is 278 g/mol. The third kappa shape index (κ3) is 4.47. The average Bonchev–Trinajstić information content (AvgIpc) is 2.52. The molecular formula is C14H22N4O2. The van der Waals surface area contributed by atoms with E-state index in [2.05, 4.69) is 20.5 Å². The number of ether oxygens (including phenoxy) is 1. The lowest BCUT2D eigenvalue weighted by Crippen LogP contribution is -2.38. The molecule has 1 saturated heterocycles. The Morgan fingerprint density at radius 1 is 1.45 bits per heavy atom. The molecule has 1 aromatic rings. The van der Waals surface area contributed by atoms with Crippen LogP contribution in [-0.2, 0) is 4.74 Å². The maximum atomic E-state index is 12.0. The van der Waals surface area contributed by atoms with Gasteiger partial charge in [-0.15, -0.1) is 0 Å². The number of morpholine rings is 1. The van der Waals surface area contributed by atoms with Crippen molar-refractivity contribution < 1.29 is 9.53 Å². The van der Waals surface area contributed by atoms with Crippen molar-refractivity contribution in [2.45, 2.75) is 6.42 Å². The summed E-state index contributed by atoms with van der Waals surface area (Å²) < 4.78 is 5.30. The van der Waals surface area contributed by atoms with E-state index >= 15 is 0 Å². The van der Waals surface area contributed by atoms with Crippen molar-refractivity contribution in [3.63, 3.8) is 0 Å². The van der Waals surface area contributed by atoms with Crippen molar-refractivity contribution in [2.75, 3.05) is 51.8 Å². The lowest BCUT2D eigenvalue weighted by Gasteiger charge is -2.26. The number of nitrogens with one attached hydrogen (secondary N) is 2. The predicted molar refractivity (Wildman–Crippen MR) is 78.0 cm³/mol. The smallest absolute Gasteiger partial charge is 0.251 e. The van der Waals surface area contributed by atoms with E-state index in [0.29, 0.717) is 17.9 Å². The first-order valence-corrected chi connectivity index (χ1v) is 7.01. The maximum Gasteiger partial charge on any atom is 0.251 e. The second-order valence-electron chi connectivity index (χ2n) is 4.74. The maximum absolute atomic E-state index is 12.0. The number of amides is 1. The molecule has 2 N–H and O–H groups in total. The molecule has 6 nitrogen and oxygen atoms in total. The molecule has 1 fully saturated rings. The van der Waals surface area contributed by atoms with Crippen LogP contribution >= 0.6 is 0 Å². The molecule has 0 unspecified atom stereocenters. The standard InChI is InChI=1S/C14H22N4O2/c1-15-13-11-12(3-5-16-13)14(19)17-4-2-6-18-7-9-20-10-8-18/h3,5,11H,2,4,6-10H2,1H3,(H,15,16)(H,17,19). The average molecular weight is 278 g/mol. The minimum atomic E-state index is -0.0501. The lowest BCUT2D eigenvalue weighted by molar-refractivity contribution is 0.0374. The molecule has 0 aliphatic carbocycles. The van der Waals surface area contributed by atoms with Crippen LogP contribution in [0.25, 0.3) is 0 Å². The van der Waals surface area contributed by atoms with Crippen LogP contribution in [0.1, 0.15) is 16.8 Å². The van der Waals surface area contributed by atoms with Gasteiger partial charge in [0.2, 0.25) is 0 Å². The third-order valence-electron chi connectivity index (χ3n) is 3.32. The van der Waals surface area contributed by atoms with E-state index in [1.165, 1.54) is 0 Å². The fraction of sp³-hybridized carbons (Fsp3) is 0.571. The van der Waals surface area contributed by atoms with Crippen LogP contribution in [0.2, 0.25) is 0 Å². The topological polar surface area (TPSA) is 66.5 Å². The Kier molecular flexibility index (Phi) is 5.76. The molecule has 0 spiro atoms. The minimum Gasteiger partial charge on any atom is -0.379 e. The highest BCUT2D eigenvalue weighted by atomic mass is 16.5. The normalized spacial score (nSPS) is 15.8. The molecule has 0 aromatic carbocycles. The van der Waals surface area contributed by atoms with E-state index in [0.717, 1.165) is 39.3 Å². The molecule has 2 heterocycles. The number of rotatable bonds is 6. The first kappa shape index (κ1) is 14.7. The number of carbonyl (C=O) groups is 1. The fourth-order valence-corrected chi connectivity index (χ4v) is 2.14. The van der Waals surface area contributed by atoms with Crippen LogP contribution in [0.4, 0.5) is 5.82 Å². The molecule has 110 valence electrons. The number of hydrogen-bond donors (Lipinski definition) is 2. The summed E-state index contributed by atoms with van der Waals surface area (Å²) in [6.07, 6.45) is 2.59. The molecule has 20 heavy (non-hydrogen) atoms. The molecule has 1 aliphatic rings. The molecule has 1 aromatic heterocycles. The van der Waals surface area contributed by atoms with Gasteiger partial charge >= 0.3 is 0 Å².